The van der Waals surface area contributed by atoms with Gasteiger partial charge in [0.15, 0.2) is 0 Å². The summed E-state index contributed by atoms with van der Waals surface area (Å²) in [5, 5.41) is 6.59. The Morgan fingerprint density at radius 2 is 1.69 bits per heavy atom. The summed E-state index contributed by atoms with van der Waals surface area (Å²) in [6.45, 7) is 13.5. The smallest absolute Gasteiger partial charge is 0.302 e. The first-order valence-electron chi connectivity index (χ1n) is 15.0. The van der Waals surface area contributed by atoms with Crippen LogP contribution in [0.25, 0.3) is 0 Å². The Balaban J connectivity index is 1.48. The predicted molar refractivity (Wildman–Crippen MR) is 146 cm³/mol. The number of fused-ring (bicyclic) bond motifs is 7. The van der Waals surface area contributed by atoms with Crippen LogP contribution < -0.4 is 10.6 Å². The van der Waals surface area contributed by atoms with Gasteiger partial charge in [0.2, 0.25) is 5.91 Å². The van der Waals surface area contributed by atoms with Crippen LogP contribution in [0.2, 0.25) is 0 Å². The first-order valence-corrected chi connectivity index (χ1v) is 15.0. The normalized spacial score (nSPS) is 47.0. The lowest BCUT2D eigenvalue weighted by molar-refractivity contribution is -0.207. The molecule has 0 bridgehead atoms. The van der Waals surface area contributed by atoms with E-state index in [0.29, 0.717) is 41.9 Å². The van der Waals surface area contributed by atoms with Crippen LogP contribution in [-0.4, -0.2) is 60.9 Å². The number of rotatable bonds is 6. The Morgan fingerprint density at radius 1 is 1.00 bits per heavy atom. The fraction of sp³-hybridized carbons (Fsp3) is 0.839. The molecule has 0 spiro atoms. The van der Waals surface area contributed by atoms with E-state index in [1.165, 1.54) is 13.8 Å². The third-order valence-corrected chi connectivity index (χ3v) is 12.0. The van der Waals surface area contributed by atoms with Gasteiger partial charge in [0.05, 0.1) is 6.10 Å². The Hall–Kier alpha value is -1.93. The van der Waals surface area contributed by atoms with Crippen molar-refractivity contribution in [3.05, 3.63) is 11.6 Å². The molecule has 1 amide bonds. The summed E-state index contributed by atoms with van der Waals surface area (Å²) in [6, 6.07) is -0.279. The van der Waals surface area contributed by atoms with Crippen LogP contribution in [0.4, 0.5) is 0 Å². The van der Waals surface area contributed by atoms with Crippen molar-refractivity contribution in [3.8, 4) is 0 Å². The van der Waals surface area contributed by atoms with Crippen LogP contribution in [0.1, 0.15) is 87.0 Å². The van der Waals surface area contributed by atoms with Gasteiger partial charge in [-0.3, -0.25) is 14.4 Å². The molecule has 1 saturated heterocycles. The zero-order valence-corrected chi connectivity index (χ0v) is 25.0. The van der Waals surface area contributed by atoms with Gasteiger partial charge in [-0.05, 0) is 89.5 Å². The predicted octanol–water partition coefficient (Wildman–Crippen LogP) is 3.92. The molecule has 1 heterocycles. The van der Waals surface area contributed by atoms with Gasteiger partial charge < -0.3 is 24.8 Å². The maximum Gasteiger partial charge on any atom is 0.302 e. The lowest BCUT2D eigenvalue weighted by atomic mass is 9.43. The minimum atomic E-state index is -0.587. The lowest BCUT2D eigenvalue weighted by Gasteiger charge is -2.63. The van der Waals surface area contributed by atoms with E-state index >= 15 is 0 Å². The van der Waals surface area contributed by atoms with E-state index in [1.54, 1.807) is 13.0 Å². The molecule has 12 unspecified atom stereocenters. The number of nitrogens with one attached hydrogen (secondary N) is 2. The standard InChI is InChI=1S/C31H48N2O6/c1-9-16(2)28(36)33-26-24(37-18(4)34)15-29(6)21-12-13-30(7)23(14-25-31(30,39-25)17(3)32-8)20(21)10-11-22(29)27(26)38-19(5)35/h9,17,20-27,32H,10-15H2,1-8H3,(H,33,36). The highest BCUT2D eigenvalue weighted by atomic mass is 16.6. The van der Waals surface area contributed by atoms with Crippen LogP contribution in [0.5, 0.6) is 0 Å². The highest BCUT2D eigenvalue weighted by Gasteiger charge is 2.79. The molecule has 39 heavy (non-hydrogen) atoms. The van der Waals surface area contributed by atoms with Gasteiger partial charge in [-0.15, -0.1) is 0 Å². The van der Waals surface area contributed by atoms with E-state index in [1.807, 2.05) is 14.0 Å². The first-order chi connectivity index (χ1) is 18.3. The molecular formula is C31H48N2O6. The molecule has 4 aliphatic carbocycles. The van der Waals surface area contributed by atoms with Gasteiger partial charge in [-0.25, -0.2) is 0 Å². The molecule has 218 valence electrons. The van der Waals surface area contributed by atoms with E-state index in [4.69, 9.17) is 14.2 Å². The summed E-state index contributed by atoms with van der Waals surface area (Å²) < 4.78 is 18.4. The highest BCUT2D eigenvalue weighted by molar-refractivity contribution is 5.93. The summed E-state index contributed by atoms with van der Waals surface area (Å²) in [5.74, 6) is 0.655. The number of carbonyl (C=O) groups excluding carboxylic acids is 3. The highest BCUT2D eigenvalue weighted by Crippen LogP contribution is 2.74. The summed E-state index contributed by atoms with van der Waals surface area (Å²) in [5.41, 5.74) is 0.442. The van der Waals surface area contributed by atoms with E-state index in [2.05, 4.69) is 31.4 Å². The van der Waals surface area contributed by atoms with Crippen molar-refractivity contribution in [3.63, 3.8) is 0 Å². The van der Waals surface area contributed by atoms with Crippen LogP contribution >= 0.6 is 0 Å². The van der Waals surface area contributed by atoms with Crippen molar-refractivity contribution in [2.45, 2.75) is 123 Å². The quantitative estimate of drug-likeness (QED) is 0.297. The van der Waals surface area contributed by atoms with Crippen LogP contribution in [-0.2, 0) is 28.6 Å². The molecule has 5 aliphatic rings. The van der Waals surface area contributed by atoms with E-state index in [9.17, 15) is 14.4 Å². The summed E-state index contributed by atoms with van der Waals surface area (Å²) in [4.78, 5) is 37.7. The van der Waals surface area contributed by atoms with Gasteiger partial charge in [-0.1, -0.05) is 19.9 Å². The molecule has 5 rings (SSSR count). The second-order valence-electron chi connectivity index (χ2n) is 13.6. The average molecular weight is 545 g/mol. The van der Waals surface area contributed by atoms with E-state index in [-0.39, 0.29) is 40.2 Å². The number of carbonyl (C=O) groups is 3. The molecule has 5 fully saturated rings. The van der Waals surface area contributed by atoms with Gasteiger partial charge in [0, 0.05) is 36.8 Å². The molecule has 2 N–H and O–H groups in total. The number of epoxide rings is 1. The van der Waals surface area contributed by atoms with Gasteiger partial charge in [0.1, 0.15) is 23.9 Å². The second-order valence-corrected chi connectivity index (χ2v) is 13.6. The zero-order valence-electron chi connectivity index (χ0n) is 25.0. The number of hydrogen-bond acceptors (Lipinski definition) is 7. The van der Waals surface area contributed by atoms with E-state index < -0.39 is 18.2 Å². The summed E-state index contributed by atoms with van der Waals surface area (Å²) in [7, 11) is 2.03. The van der Waals surface area contributed by atoms with Crippen molar-refractivity contribution in [1.29, 1.82) is 0 Å². The molecule has 8 heteroatoms. The third kappa shape index (κ3) is 4.18. The van der Waals surface area contributed by atoms with Gasteiger partial charge in [-0.2, -0.15) is 0 Å². The maximum atomic E-state index is 13.0. The monoisotopic (exact) mass is 544 g/mol. The molecule has 1 aliphatic heterocycles. The second kappa shape index (κ2) is 9.86. The summed E-state index contributed by atoms with van der Waals surface area (Å²) >= 11 is 0. The third-order valence-electron chi connectivity index (χ3n) is 12.0. The lowest BCUT2D eigenvalue weighted by Crippen LogP contribution is -2.67. The minimum absolute atomic E-state index is 0.0763. The van der Waals surface area contributed by atoms with Crippen LogP contribution in [0.15, 0.2) is 11.6 Å². The Kier molecular flexibility index (Phi) is 7.23. The first kappa shape index (κ1) is 28.6. The van der Waals surface area contributed by atoms with E-state index in [0.717, 1.165) is 32.1 Å². The van der Waals surface area contributed by atoms with Crippen molar-refractivity contribution in [2.24, 2.45) is 34.5 Å². The fourth-order valence-corrected chi connectivity index (χ4v) is 10.1. The van der Waals surface area contributed by atoms with Crippen molar-refractivity contribution < 1.29 is 28.6 Å². The number of esters is 2. The molecule has 0 aromatic carbocycles. The number of allylic oxidation sites excluding steroid dienone is 1. The largest absolute Gasteiger partial charge is 0.460 e. The molecular weight excluding hydrogens is 496 g/mol. The maximum absolute atomic E-state index is 13.0. The zero-order chi connectivity index (χ0) is 28.5. The van der Waals surface area contributed by atoms with Crippen LogP contribution in [0, 0.1) is 34.5 Å². The number of amides is 1. The molecule has 12 atom stereocenters. The molecule has 8 nitrogen and oxygen atoms in total. The Morgan fingerprint density at radius 3 is 2.31 bits per heavy atom. The average Bonchev–Trinajstić information content (AvgIpc) is 3.55. The minimum Gasteiger partial charge on any atom is -0.460 e. The Bertz CT molecular complexity index is 1060. The molecule has 0 radical (unpaired) electrons. The van der Waals surface area contributed by atoms with Gasteiger partial charge >= 0.3 is 11.9 Å². The van der Waals surface area contributed by atoms with Crippen molar-refractivity contribution in [1.82, 2.24) is 10.6 Å². The topological polar surface area (TPSA) is 106 Å². The number of ether oxygens (including phenoxy) is 3. The molecule has 0 aromatic rings. The summed E-state index contributed by atoms with van der Waals surface area (Å²) in [6.07, 6.45) is 6.89. The Labute approximate surface area is 233 Å². The van der Waals surface area contributed by atoms with Crippen molar-refractivity contribution >= 4 is 17.8 Å². The molecule has 4 saturated carbocycles. The SMILES string of the molecule is CC=C(C)C(=O)NC1C(OC(C)=O)CC2(C)C3CCC4(C)C(CC5OC54C(C)NC)C3CCC2C1OC(C)=O. The van der Waals surface area contributed by atoms with Crippen LogP contribution in [0.3, 0.4) is 0 Å². The van der Waals surface area contributed by atoms with Gasteiger partial charge in [0.25, 0.3) is 0 Å². The number of likely N-dealkylation sites (N-methyl/N-ethyl adjacent to an activating group) is 1. The molecule has 0 aromatic heterocycles. The fourth-order valence-electron chi connectivity index (χ4n) is 10.1. The number of hydrogen-bond donors (Lipinski definition) is 2. The van der Waals surface area contributed by atoms with Crippen molar-refractivity contribution in [2.75, 3.05) is 7.05 Å².